The highest BCUT2D eigenvalue weighted by atomic mass is 32.2. The number of hydrogen-bond acceptors (Lipinski definition) is 6. The van der Waals surface area contributed by atoms with Crippen molar-refractivity contribution in [2.24, 2.45) is 0 Å². The zero-order chi connectivity index (χ0) is 21.5. The number of non-ortho nitro benzene ring substituents is 1. The Morgan fingerprint density at radius 2 is 1.93 bits per heavy atom. The van der Waals surface area contributed by atoms with Gasteiger partial charge in [-0.05, 0) is 18.1 Å². The maximum Gasteiger partial charge on any atom is 0.338 e. The van der Waals surface area contributed by atoms with Gasteiger partial charge in [-0.15, -0.1) is 0 Å². The van der Waals surface area contributed by atoms with Crippen molar-refractivity contribution < 1.29 is 19.2 Å². The predicted octanol–water partition coefficient (Wildman–Crippen LogP) is 3.70. The molecule has 156 valence electrons. The van der Waals surface area contributed by atoms with Crippen molar-refractivity contribution in [1.29, 1.82) is 0 Å². The number of nitro groups is 1. The van der Waals surface area contributed by atoms with Crippen molar-refractivity contribution in [1.82, 2.24) is 10.6 Å². The molecule has 30 heavy (non-hydrogen) atoms. The molecule has 2 amide bonds. The van der Waals surface area contributed by atoms with E-state index >= 15 is 0 Å². The third-order valence-electron chi connectivity index (χ3n) is 4.42. The van der Waals surface area contributed by atoms with Crippen LogP contribution in [0.5, 0.6) is 0 Å². The first-order valence-corrected chi connectivity index (χ1v) is 10.5. The number of nitrogens with one attached hydrogen (secondary N) is 2. The van der Waals surface area contributed by atoms with Gasteiger partial charge in [0.05, 0.1) is 23.1 Å². The zero-order valence-electron chi connectivity index (χ0n) is 16.3. The average molecular weight is 427 g/mol. The molecule has 3 rings (SSSR count). The molecule has 9 heteroatoms. The van der Waals surface area contributed by atoms with E-state index in [1.807, 2.05) is 30.3 Å². The summed E-state index contributed by atoms with van der Waals surface area (Å²) in [5.41, 5.74) is 2.12. The Labute approximate surface area is 177 Å². The summed E-state index contributed by atoms with van der Waals surface area (Å²) >= 11 is 1.54. The quantitative estimate of drug-likeness (QED) is 0.378. The molecule has 1 aliphatic rings. The molecule has 0 saturated carbocycles. The van der Waals surface area contributed by atoms with Gasteiger partial charge in [0.25, 0.3) is 5.69 Å². The molecule has 0 spiro atoms. The number of benzene rings is 2. The van der Waals surface area contributed by atoms with E-state index in [4.69, 9.17) is 4.74 Å². The molecule has 0 saturated heterocycles. The second-order valence-corrected chi connectivity index (χ2v) is 7.46. The van der Waals surface area contributed by atoms with Gasteiger partial charge in [0, 0.05) is 29.3 Å². The number of rotatable bonds is 8. The lowest BCUT2D eigenvalue weighted by atomic mass is 9.95. The van der Waals surface area contributed by atoms with E-state index in [0.29, 0.717) is 22.8 Å². The van der Waals surface area contributed by atoms with Crippen LogP contribution < -0.4 is 10.6 Å². The number of hydrogen-bond donors (Lipinski definition) is 2. The number of urea groups is 1. The second-order valence-electron chi connectivity index (χ2n) is 6.47. The molecule has 0 bridgehead atoms. The van der Waals surface area contributed by atoms with Crippen LogP contribution in [0.15, 0.2) is 65.9 Å². The number of carbonyl (C=O) groups is 2. The number of esters is 1. The molecule has 8 nitrogen and oxygen atoms in total. The van der Waals surface area contributed by atoms with Gasteiger partial charge in [0.15, 0.2) is 0 Å². The summed E-state index contributed by atoms with van der Waals surface area (Å²) in [6, 6.07) is 14.4. The predicted molar refractivity (Wildman–Crippen MR) is 114 cm³/mol. The molecule has 1 heterocycles. The maximum absolute atomic E-state index is 12.7. The Morgan fingerprint density at radius 1 is 1.17 bits per heavy atom. The number of nitrogens with zero attached hydrogens (tertiary/aromatic N) is 1. The summed E-state index contributed by atoms with van der Waals surface area (Å²) < 4.78 is 5.21. The van der Waals surface area contributed by atoms with Gasteiger partial charge in [0.1, 0.15) is 0 Å². The fourth-order valence-corrected chi connectivity index (χ4v) is 4.06. The van der Waals surface area contributed by atoms with Crippen LogP contribution in [0.25, 0.3) is 0 Å². The average Bonchev–Trinajstić information content (AvgIpc) is 2.74. The van der Waals surface area contributed by atoms with Gasteiger partial charge in [-0.25, -0.2) is 9.59 Å². The Morgan fingerprint density at radius 3 is 2.63 bits per heavy atom. The Bertz CT molecular complexity index is 978. The number of amides is 2. The molecule has 0 aliphatic carbocycles. The minimum atomic E-state index is -0.843. The Balaban J connectivity index is 1.92. The molecule has 2 aromatic carbocycles. The molecule has 0 radical (unpaired) electrons. The van der Waals surface area contributed by atoms with E-state index in [2.05, 4.69) is 10.6 Å². The van der Waals surface area contributed by atoms with E-state index in [-0.39, 0.29) is 17.9 Å². The number of thioether (sulfide) groups is 1. The van der Waals surface area contributed by atoms with Gasteiger partial charge in [-0.3, -0.25) is 10.1 Å². The first kappa shape index (κ1) is 21.4. The number of carbonyl (C=O) groups excluding carboxylic acids is 2. The molecule has 2 aromatic rings. The molecule has 1 unspecified atom stereocenters. The SMILES string of the molecule is CCOC(=O)C1=C(CSCc2ccccc2)NC(=O)NC1c1cccc([N+](=O)[O-])c1. The normalized spacial score (nSPS) is 15.9. The first-order chi connectivity index (χ1) is 14.5. The summed E-state index contributed by atoms with van der Waals surface area (Å²) in [7, 11) is 0. The third kappa shape index (κ3) is 5.18. The minimum Gasteiger partial charge on any atom is -0.463 e. The van der Waals surface area contributed by atoms with Gasteiger partial charge in [-0.2, -0.15) is 11.8 Å². The van der Waals surface area contributed by atoms with Crippen molar-refractivity contribution >= 4 is 29.4 Å². The summed E-state index contributed by atoms with van der Waals surface area (Å²) in [5, 5.41) is 16.5. The van der Waals surface area contributed by atoms with Crippen molar-refractivity contribution in [3.8, 4) is 0 Å². The molecule has 0 fully saturated rings. The van der Waals surface area contributed by atoms with E-state index in [0.717, 1.165) is 5.56 Å². The molecule has 1 aliphatic heterocycles. The van der Waals surface area contributed by atoms with Crippen molar-refractivity contribution in [2.75, 3.05) is 12.4 Å². The Kier molecular flexibility index (Phi) is 7.08. The fraction of sp³-hybridized carbons (Fsp3) is 0.238. The first-order valence-electron chi connectivity index (χ1n) is 9.33. The lowest BCUT2D eigenvalue weighted by molar-refractivity contribution is -0.384. The van der Waals surface area contributed by atoms with E-state index in [9.17, 15) is 19.7 Å². The highest BCUT2D eigenvalue weighted by molar-refractivity contribution is 7.98. The highest BCUT2D eigenvalue weighted by Crippen LogP contribution is 2.31. The highest BCUT2D eigenvalue weighted by Gasteiger charge is 2.34. The van der Waals surface area contributed by atoms with Crippen molar-refractivity contribution in [3.05, 3.63) is 87.1 Å². The fourth-order valence-electron chi connectivity index (χ4n) is 3.09. The van der Waals surface area contributed by atoms with Gasteiger partial charge in [-0.1, -0.05) is 42.5 Å². The van der Waals surface area contributed by atoms with Gasteiger partial charge in [0.2, 0.25) is 0 Å². The van der Waals surface area contributed by atoms with Crippen LogP contribution in [0.2, 0.25) is 0 Å². The van der Waals surface area contributed by atoms with Gasteiger partial charge >= 0.3 is 12.0 Å². The zero-order valence-corrected chi connectivity index (χ0v) is 17.1. The number of ether oxygens (including phenoxy) is 1. The molecule has 2 N–H and O–H groups in total. The summed E-state index contributed by atoms with van der Waals surface area (Å²) in [6.45, 7) is 1.86. The van der Waals surface area contributed by atoms with Crippen LogP contribution >= 0.6 is 11.8 Å². The van der Waals surface area contributed by atoms with Crippen LogP contribution in [0.4, 0.5) is 10.5 Å². The van der Waals surface area contributed by atoms with Crippen LogP contribution in [0.3, 0.4) is 0 Å². The topological polar surface area (TPSA) is 111 Å². The molecule has 0 aromatic heterocycles. The van der Waals surface area contributed by atoms with Gasteiger partial charge < -0.3 is 15.4 Å². The third-order valence-corrected chi connectivity index (χ3v) is 5.45. The van der Waals surface area contributed by atoms with Crippen molar-refractivity contribution in [2.45, 2.75) is 18.7 Å². The monoisotopic (exact) mass is 427 g/mol. The summed E-state index contributed by atoms with van der Waals surface area (Å²) in [5.74, 6) is 0.504. The van der Waals surface area contributed by atoms with E-state index in [1.54, 1.807) is 24.8 Å². The smallest absolute Gasteiger partial charge is 0.338 e. The van der Waals surface area contributed by atoms with E-state index < -0.39 is 23.0 Å². The largest absolute Gasteiger partial charge is 0.463 e. The lowest BCUT2D eigenvalue weighted by Crippen LogP contribution is -2.46. The van der Waals surface area contributed by atoms with Crippen LogP contribution in [-0.4, -0.2) is 29.3 Å². The maximum atomic E-state index is 12.7. The minimum absolute atomic E-state index is 0.122. The van der Waals surface area contributed by atoms with Crippen molar-refractivity contribution in [3.63, 3.8) is 0 Å². The summed E-state index contributed by atoms with van der Waals surface area (Å²) in [4.78, 5) is 35.7. The molecular weight excluding hydrogens is 406 g/mol. The molecular formula is C21H21N3O5S. The van der Waals surface area contributed by atoms with E-state index in [1.165, 1.54) is 18.2 Å². The lowest BCUT2D eigenvalue weighted by Gasteiger charge is -2.29. The summed E-state index contributed by atoms with van der Waals surface area (Å²) in [6.07, 6.45) is 0. The van der Waals surface area contributed by atoms with Crippen LogP contribution in [0, 0.1) is 10.1 Å². The van der Waals surface area contributed by atoms with Crippen LogP contribution in [-0.2, 0) is 15.3 Å². The Hall–Kier alpha value is -3.33. The molecule has 1 atom stereocenters. The standard InChI is InChI=1S/C21H21N3O5S/c1-2-29-20(25)18-17(13-30-12-14-7-4-3-5-8-14)22-21(26)23-19(18)15-9-6-10-16(11-15)24(27)28/h3-11,19H,2,12-13H2,1H3,(H2,22,23,26). The number of nitro benzene ring substituents is 1. The van der Waals surface area contributed by atoms with Crippen LogP contribution in [0.1, 0.15) is 24.1 Å². The second kappa shape index (κ2) is 9.93.